The van der Waals surface area contributed by atoms with E-state index < -0.39 is 5.54 Å². The number of hydrogen-bond donors (Lipinski definition) is 1. The summed E-state index contributed by atoms with van der Waals surface area (Å²) in [5, 5.41) is 11.6. The molecular weight excluding hydrogens is 432 g/mol. The predicted octanol–water partition coefficient (Wildman–Crippen LogP) is 4.42. The van der Waals surface area contributed by atoms with E-state index in [-0.39, 0.29) is 17.9 Å². The molecule has 1 saturated heterocycles. The number of aromatic nitrogens is 1. The van der Waals surface area contributed by atoms with Gasteiger partial charge in [0.15, 0.2) is 5.76 Å². The number of carbonyl (C=O) groups excluding carboxylic acids is 2. The zero-order valence-corrected chi connectivity index (χ0v) is 20.3. The van der Waals surface area contributed by atoms with E-state index in [0.717, 1.165) is 81.6 Å². The predicted molar refractivity (Wildman–Crippen MR) is 129 cm³/mol. The van der Waals surface area contributed by atoms with Crippen LogP contribution in [-0.4, -0.2) is 63.2 Å². The van der Waals surface area contributed by atoms with Gasteiger partial charge in [-0.15, -0.1) is 0 Å². The molecule has 2 amide bonds. The first-order chi connectivity index (χ1) is 16.4. The third-order valence-corrected chi connectivity index (χ3v) is 7.44. The minimum atomic E-state index is -0.450. The third kappa shape index (κ3) is 5.33. The average Bonchev–Trinajstić information content (AvgIpc) is 3.40. The Kier molecular flexibility index (Phi) is 7.68. The van der Waals surface area contributed by atoms with Gasteiger partial charge in [-0.25, -0.2) is 10.0 Å². The van der Waals surface area contributed by atoms with Crippen LogP contribution < -0.4 is 4.90 Å². The summed E-state index contributed by atoms with van der Waals surface area (Å²) >= 11 is 0. The van der Waals surface area contributed by atoms with Crippen LogP contribution in [0.3, 0.4) is 0 Å². The second kappa shape index (κ2) is 10.7. The normalized spacial score (nSPS) is 19.0. The van der Waals surface area contributed by atoms with E-state index in [1.807, 2.05) is 19.1 Å². The van der Waals surface area contributed by atoms with Crippen LogP contribution in [-0.2, 0) is 4.79 Å². The molecule has 2 aliphatic rings. The maximum absolute atomic E-state index is 13.3. The number of hydroxylamine groups is 2. The van der Waals surface area contributed by atoms with Crippen LogP contribution in [0.1, 0.15) is 74.4 Å². The molecule has 3 heterocycles. The first-order valence-corrected chi connectivity index (χ1v) is 12.4. The maximum atomic E-state index is 13.3. The molecule has 1 aliphatic carbocycles. The molecule has 2 aromatic rings. The van der Waals surface area contributed by atoms with Gasteiger partial charge in [-0.1, -0.05) is 25.3 Å². The fraction of sp³-hybridized carbons (Fsp3) is 0.577. The molecule has 184 valence electrons. The first kappa shape index (κ1) is 24.4. The highest BCUT2D eigenvalue weighted by molar-refractivity contribution is 6.04. The number of aryl methyl sites for hydroxylation is 1. The van der Waals surface area contributed by atoms with Crippen molar-refractivity contribution < 1.29 is 19.2 Å². The molecule has 34 heavy (non-hydrogen) atoms. The van der Waals surface area contributed by atoms with E-state index >= 15 is 0 Å². The standard InChI is InChI=1S/C26H36N4O4/c1-20-8-9-24(27-19-20)29(25(32)23-7-6-18-34-23)22-10-15-28(16-11-22)17-14-26(30(33)21(2)31)12-4-3-5-13-26/h6-9,18-19,22,33H,3-5,10-17H2,1-2H3. The number of hydrogen-bond acceptors (Lipinski definition) is 6. The minimum Gasteiger partial charge on any atom is -0.459 e. The summed E-state index contributed by atoms with van der Waals surface area (Å²) < 4.78 is 5.41. The van der Waals surface area contributed by atoms with Crippen molar-refractivity contribution in [2.45, 2.75) is 76.8 Å². The van der Waals surface area contributed by atoms with Crippen LogP contribution in [0, 0.1) is 6.92 Å². The molecule has 8 heteroatoms. The van der Waals surface area contributed by atoms with Crippen LogP contribution in [0.25, 0.3) is 0 Å². The Balaban J connectivity index is 1.42. The highest BCUT2D eigenvalue weighted by Gasteiger charge is 2.40. The van der Waals surface area contributed by atoms with Gasteiger partial charge in [0, 0.05) is 38.8 Å². The number of nitrogens with zero attached hydrogens (tertiary/aromatic N) is 4. The largest absolute Gasteiger partial charge is 0.459 e. The highest BCUT2D eigenvalue weighted by atomic mass is 16.5. The van der Waals surface area contributed by atoms with E-state index in [1.54, 1.807) is 23.2 Å². The first-order valence-electron chi connectivity index (χ1n) is 12.4. The molecule has 2 aromatic heterocycles. The molecular formula is C26H36N4O4. The molecule has 0 unspecified atom stereocenters. The summed E-state index contributed by atoms with van der Waals surface area (Å²) in [4.78, 5) is 33.9. The monoisotopic (exact) mass is 468 g/mol. The van der Waals surface area contributed by atoms with Crippen molar-refractivity contribution in [1.29, 1.82) is 0 Å². The number of anilines is 1. The molecule has 0 radical (unpaired) electrons. The van der Waals surface area contributed by atoms with Crippen molar-refractivity contribution in [3.63, 3.8) is 0 Å². The minimum absolute atomic E-state index is 0.0271. The average molecular weight is 469 g/mol. The van der Waals surface area contributed by atoms with Crippen molar-refractivity contribution in [2.24, 2.45) is 0 Å². The topological polar surface area (TPSA) is 90.1 Å². The highest BCUT2D eigenvalue weighted by Crippen LogP contribution is 2.36. The van der Waals surface area contributed by atoms with Crippen LogP contribution in [0.5, 0.6) is 0 Å². The fourth-order valence-electron chi connectivity index (χ4n) is 5.46. The Morgan fingerprint density at radius 2 is 1.91 bits per heavy atom. The Bertz CT molecular complexity index is 946. The van der Waals surface area contributed by atoms with Crippen molar-refractivity contribution in [3.8, 4) is 0 Å². The summed E-state index contributed by atoms with van der Waals surface area (Å²) in [6, 6.07) is 7.31. The van der Waals surface area contributed by atoms with Gasteiger partial charge >= 0.3 is 0 Å². The molecule has 8 nitrogen and oxygen atoms in total. The van der Waals surface area contributed by atoms with Gasteiger partial charge < -0.3 is 9.32 Å². The lowest BCUT2D eigenvalue weighted by molar-refractivity contribution is -0.200. The Morgan fingerprint density at radius 1 is 1.18 bits per heavy atom. The van der Waals surface area contributed by atoms with Crippen LogP contribution >= 0.6 is 0 Å². The van der Waals surface area contributed by atoms with Crippen molar-refractivity contribution >= 4 is 17.6 Å². The second-order valence-electron chi connectivity index (χ2n) is 9.78. The van der Waals surface area contributed by atoms with E-state index in [1.165, 1.54) is 13.2 Å². The van der Waals surface area contributed by atoms with Crippen LogP contribution in [0.15, 0.2) is 41.1 Å². The van der Waals surface area contributed by atoms with Gasteiger partial charge in [0.05, 0.1) is 11.8 Å². The quantitative estimate of drug-likeness (QED) is 0.478. The molecule has 4 rings (SSSR count). The van der Waals surface area contributed by atoms with Crippen molar-refractivity contribution in [3.05, 3.63) is 48.0 Å². The smallest absolute Gasteiger partial charge is 0.295 e. The number of pyridine rings is 1. The lowest BCUT2D eigenvalue weighted by Crippen LogP contribution is -2.53. The van der Waals surface area contributed by atoms with E-state index in [2.05, 4.69) is 9.88 Å². The van der Waals surface area contributed by atoms with Gasteiger partial charge in [-0.3, -0.25) is 19.7 Å². The third-order valence-electron chi connectivity index (χ3n) is 7.44. The van der Waals surface area contributed by atoms with Gasteiger partial charge in [0.1, 0.15) is 5.82 Å². The zero-order valence-electron chi connectivity index (χ0n) is 20.3. The SMILES string of the molecule is CC(=O)N(O)C1(CCN2CCC(N(C(=O)c3ccco3)c3ccc(C)cn3)CC2)CCCCC1. The molecule has 1 N–H and O–H groups in total. The van der Waals surface area contributed by atoms with Crippen molar-refractivity contribution in [1.82, 2.24) is 14.9 Å². The van der Waals surface area contributed by atoms with Crippen LogP contribution in [0.4, 0.5) is 5.82 Å². The molecule has 0 aromatic carbocycles. The van der Waals surface area contributed by atoms with E-state index in [0.29, 0.717) is 11.6 Å². The molecule has 2 fully saturated rings. The van der Waals surface area contributed by atoms with Gasteiger partial charge in [-0.05, 0) is 62.8 Å². The lowest BCUT2D eigenvalue weighted by Gasteiger charge is -2.44. The number of amides is 2. The van der Waals surface area contributed by atoms with Crippen molar-refractivity contribution in [2.75, 3.05) is 24.5 Å². The molecule has 0 spiro atoms. The van der Waals surface area contributed by atoms with Gasteiger partial charge in [0.2, 0.25) is 5.91 Å². The summed E-state index contributed by atoms with van der Waals surface area (Å²) in [5.41, 5.74) is 0.595. The summed E-state index contributed by atoms with van der Waals surface area (Å²) in [7, 11) is 0. The lowest BCUT2D eigenvalue weighted by atomic mass is 9.78. The Morgan fingerprint density at radius 3 is 2.50 bits per heavy atom. The summed E-state index contributed by atoms with van der Waals surface area (Å²) in [6.07, 6.45) is 10.7. The Hall–Kier alpha value is -2.71. The number of piperidine rings is 1. The summed E-state index contributed by atoms with van der Waals surface area (Å²) in [5.74, 6) is 0.511. The van der Waals surface area contributed by atoms with E-state index in [4.69, 9.17) is 4.42 Å². The van der Waals surface area contributed by atoms with Gasteiger partial charge in [-0.2, -0.15) is 0 Å². The zero-order chi connectivity index (χ0) is 24.1. The molecule has 1 aliphatic heterocycles. The molecule has 0 atom stereocenters. The van der Waals surface area contributed by atoms with Gasteiger partial charge in [0.25, 0.3) is 5.91 Å². The van der Waals surface area contributed by atoms with Crippen LogP contribution in [0.2, 0.25) is 0 Å². The number of likely N-dealkylation sites (tertiary alicyclic amines) is 1. The second-order valence-corrected chi connectivity index (χ2v) is 9.78. The molecule has 0 bridgehead atoms. The summed E-state index contributed by atoms with van der Waals surface area (Å²) in [6.45, 7) is 5.93. The number of furan rings is 1. The Labute approximate surface area is 201 Å². The fourth-order valence-corrected chi connectivity index (χ4v) is 5.46. The maximum Gasteiger partial charge on any atom is 0.295 e. The number of carbonyl (C=O) groups is 2. The number of rotatable bonds is 7. The molecule has 1 saturated carbocycles. The van der Waals surface area contributed by atoms with E-state index in [9.17, 15) is 14.8 Å².